The molecule has 11 aromatic rings. The van der Waals surface area contributed by atoms with Crippen molar-refractivity contribution in [3.05, 3.63) is 182 Å². The SMILES string of the molecule is c1ccc(-c2ccc(-n3c4ccccc4c4cc(-c5ccc6c(c5)c5ccc7oc8ccccc8c7c5n6-c5ccccc5)ccc43)cc2)cc1. The summed E-state index contributed by atoms with van der Waals surface area (Å²) in [5.41, 5.74) is 13.7. The van der Waals surface area contributed by atoms with E-state index in [1.54, 1.807) is 0 Å². The van der Waals surface area contributed by atoms with E-state index >= 15 is 0 Å². The van der Waals surface area contributed by atoms with Crippen LogP contribution in [0.2, 0.25) is 0 Å². The quantitative estimate of drug-likeness (QED) is 0.186. The summed E-state index contributed by atoms with van der Waals surface area (Å²) in [6.07, 6.45) is 0. The molecule has 0 amide bonds. The highest BCUT2D eigenvalue weighted by molar-refractivity contribution is 6.25. The van der Waals surface area contributed by atoms with Crippen LogP contribution in [0.3, 0.4) is 0 Å². The maximum atomic E-state index is 6.36. The molecule has 0 atom stereocenters. The first-order valence-electron chi connectivity index (χ1n) is 17.4. The zero-order chi connectivity index (χ0) is 33.5. The van der Waals surface area contributed by atoms with E-state index in [0.717, 1.165) is 33.3 Å². The number of fused-ring (bicyclic) bond motifs is 10. The molecule has 0 bridgehead atoms. The van der Waals surface area contributed by atoms with Gasteiger partial charge in [0.2, 0.25) is 0 Å². The smallest absolute Gasteiger partial charge is 0.137 e. The first kappa shape index (κ1) is 28.0. The minimum Gasteiger partial charge on any atom is -0.456 e. The summed E-state index contributed by atoms with van der Waals surface area (Å²) in [7, 11) is 0. The lowest BCUT2D eigenvalue weighted by molar-refractivity contribution is 0.669. The van der Waals surface area contributed by atoms with Crippen molar-refractivity contribution < 1.29 is 4.42 Å². The molecule has 0 saturated heterocycles. The van der Waals surface area contributed by atoms with Crippen molar-refractivity contribution in [3.8, 4) is 33.6 Å². The molecule has 51 heavy (non-hydrogen) atoms. The van der Waals surface area contributed by atoms with Crippen LogP contribution >= 0.6 is 0 Å². The first-order valence-corrected chi connectivity index (χ1v) is 17.4. The Kier molecular flexibility index (Phi) is 5.96. The average Bonchev–Trinajstić information content (AvgIpc) is 3.86. The Labute approximate surface area is 293 Å². The number of para-hydroxylation sites is 3. The van der Waals surface area contributed by atoms with Gasteiger partial charge in [0.1, 0.15) is 11.2 Å². The van der Waals surface area contributed by atoms with Gasteiger partial charge in [0, 0.05) is 38.3 Å². The van der Waals surface area contributed by atoms with Crippen LogP contribution in [-0.2, 0) is 0 Å². The van der Waals surface area contributed by atoms with Gasteiger partial charge in [-0.3, -0.25) is 0 Å². The number of hydrogen-bond donors (Lipinski definition) is 0. The van der Waals surface area contributed by atoms with Crippen LogP contribution in [0.15, 0.2) is 186 Å². The molecular formula is C48H30N2O. The molecule has 3 nitrogen and oxygen atoms in total. The lowest BCUT2D eigenvalue weighted by atomic mass is 10.00. The molecule has 0 saturated carbocycles. The van der Waals surface area contributed by atoms with E-state index in [9.17, 15) is 0 Å². The standard InChI is InChI=1S/C48H30N2O/c1-3-11-31(12-4-1)32-19-23-36(24-20-32)49-42-17-9-7-15-37(42)40-29-33(21-26-43(40)49)34-22-27-44-41(30-34)38-25-28-46-47(39-16-8-10-18-45(39)51-46)48(38)50(44)35-13-5-2-6-14-35/h1-30H. The summed E-state index contributed by atoms with van der Waals surface area (Å²) in [5, 5.41) is 7.21. The van der Waals surface area contributed by atoms with Crippen LogP contribution in [-0.4, -0.2) is 9.13 Å². The van der Waals surface area contributed by atoms with Gasteiger partial charge in [-0.15, -0.1) is 0 Å². The Morgan fingerprint density at radius 1 is 0.314 bits per heavy atom. The van der Waals surface area contributed by atoms with E-state index in [0.29, 0.717) is 0 Å². The molecule has 0 N–H and O–H groups in total. The van der Waals surface area contributed by atoms with Gasteiger partial charge >= 0.3 is 0 Å². The largest absolute Gasteiger partial charge is 0.456 e. The molecule has 0 aliphatic heterocycles. The van der Waals surface area contributed by atoms with Crippen LogP contribution < -0.4 is 0 Å². The molecule has 11 rings (SSSR count). The van der Waals surface area contributed by atoms with Gasteiger partial charge in [0.25, 0.3) is 0 Å². The fourth-order valence-electron chi connectivity index (χ4n) is 8.20. The number of nitrogens with zero attached hydrogens (tertiary/aromatic N) is 2. The highest BCUT2D eigenvalue weighted by Crippen LogP contribution is 2.42. The zero-order valence-electron chi connectivity index (χ0n) is 27.6. The van der Waals surface area contributed by atoms with Crippen molar-refractivity contribution in [1.82, 2.24) is 9.13 Å². The van der Waals surface area contributed by atoms with Gasteiger partial charge in [-0.25, -0.2) is 0 Å². The predicted octanol–water partition coefficient (Wildman–Crippen LogP) is 13.1. The van der Waals surface area contributed by atoms with Crippen LogP contribution in [0.1, 0.15) is 0 Å². The fourth-order valence-corrected chi connectivity index (χ4v) is 8.20. The Bertz CT molecular complexity index is 3110. The number of hydrogen-bond acceptors (Lipinski definition) is 1. The molecule has 3 heteroatoms. The minimum absolute atomic E-state index is 0.903. The maximum Gasteiger partial charge on any atom is 0.137 e. The van der Waals surface area contributed by atoms with Crippen molar-refractivity contribution in [2.75, 3.05) is 0 Å². The summed E-state index contributed by atoms with van der Waals surface area (Å²) in [4.78, 5) is 0. The van der Waals surface area contributed by atoms with E-state index < -0.39 is 0 Å². The molecule has 0 aliphatic carbocycles. The van der Waals surface area contributed by atoms with Crippen molar-refractivity contribution in [3.63, 3.8) is 0 Å². The monoisotopic (exact) mass is 650 g/mol. The topological polar surface area (TPSA) is 23.0 Å². The average molecular weight is 651 g/mol. The predicted molar refractivity (Wildman–Crippen MR) is 213 cm³/mol. The third kappa shape index (κ3) is 4.19. The normalized spacial score (nSPS) is 11.9. The van der Waals surface area contributed by atoms with Crippen LogP contribution in [0.4, 0.5) is 0 Å². The second-order valence-electron chi connectivity index (χ2n) is 13.3. The Morgan fingerprint density at radius 2 is 0.863 bits per heavy atom. The van der Waals surface area contributed by atoms with Crippen molar-refractivity contribution in [2.24, 2.45) is 0 Å². The minimum atomic E-state index is 0.903. The van der Waals surface area contributed by atoms with E-state index in [2.05, 4.69) is 185 Å². The van der Waals surface area contributed by atoms with Crippen LogP contribution in [0.25, 0.3) is 99.2 Å². The lowest BCUT2D eigenvalue weighted by Crippen LogP contribution is -1.94. The maximum absolute atomic E-state index is 6.36. The first-order chi connectivity index (χ1) is 25.3. The summed E-state index contributed by atoms with van der Waals surface area (Å²) < 4.78 is 11.2. The third-order valence-corrected chi connectivity index (χ3v) is 10.5. The second kappa shape index (κ2) is 10.8. The van der Waals surface area contributed by atoms with Gasteiger partial charge in [-0.05, 0) is 95.1 Å². The molecular weight excluding hydrogens is 621 g/mol. The van der Waals surface area contributed by atoms with Gasteiger partial charge in [-0.1, -0.05) is 109 Å². The molecule has 0 fully saturated rings. The van der Waals surface area contributed by atoms with Gasteiger partial charge in [0.05, 0.1) is 27.5 Å². The molecule has 0 aliphatic rings. The van der Waals surface area contributed by atoms with Crippen LogP contribution in [0, 0.1) is 0 Å². The van der Waals surface area contributed by atoms with E-state index in [1.165, 1.54) is 65.9 Å². The molecule has 3 heterocycles. The third-order valence-electron chi connectivity index (χ3n) is 10.5. The second-order valence-corrected chi connectivity index (χ2v) is 13.3. The summed E-state index contributed by atoms with van der Waals surface area (Å²) in [6.45, 7) is 0. The molecule has 0 unspecified atom stereocenters. The Balaban J connectivity index is 1.11. The molecule has 0 spiro atoms. The van der Waals surface area contributed by atoms with Crippen molar-refractivity contribution in [1.29, 1.82) is 0 Å². The number of rotatable bonds is 4. The summed E-state index contributed by atoms with van der Waals surface area (Å²) in [6, 6.07) is 65.5. The lowest BCUT2D eigenvalue weighted by Gasteiger charge is -2.10. The molecule has 3 aromatic heterocycles. The van der Waals surface area contributed by atoms with Gasteiger partial charge in [0.15, 0.2) is 0 Å². The van der Waals surface area contributed by atoms with Gasteiger partial charge in [-0.2, -0.15) is 0 Å². The highest BCUT2D eigenvalue weighted by atomic mass is 16.3. The zero-order valence-corrected chi connectivity index (χ0v) is 27.6. The molecule has 8 aromatic carbocycles. The number of aromatic nitrogens is 2. The summed E-state index contributed by atoms with van der Waals surface area (Å²) in [5.74, 6) is 0. The fraction of sp³-hybridized carbons (Fsp3) is 0. The van der Waals surface area contributed by atoms with E-state index in [4.69, 9.17) is 4.42 Å². The van der Waals surface area contributed by atoms with Crippen molar-refractivity contribution in [2.45, 2.75) is 0 Å². The van der Waals surface area contributed by atoms with E-state index in [-0.39, 0.29) is 0 Å². The Morgan fingerprint density at radius 3 is 1.63 bits per heavy atom. The van der Waals surface area contributed by atoms with E-state index in [1.807, 2.05) is 6.07 Å². The highest BCUT2D eigenvalue weighted by Gasteiger charge is 2.20. The Hall–Kier alpha value is -6.84. The van der Waals surface area contributed by atoms with Crippen LogP contribution in [0.5, 0.6) is 0 Å². The number of furan rings is 1. The molecule has 238 valence electrons. The van der Waals surface area contributed by atoms with Gasteiger partial charge < -0.3 is 13.6 Å². The van der Waals surface area contributed by atoms with Crippen molar-refractivity contribution >= 4 is 65.6 Å². The number of benzene rings is 8. The summed E-state index contributed by atoms with van der Waals surface area (Å²) >= 11 is 0. The molecule has 0 radical (unpaired) electrons.